The van der Waals surface area contributed by atoms with E-state index < -0.39 is 18.4 Å². The highest BCUT2D eigenvalue weighted by Crippen LogP contribution is 2.38. The number of aromatic amines is 1. The van der Waals surface area contributed by atoms with Gasteiger partial charge < -0.3 is 19.9 Å². The van der Waals surface area contributed by atoms with E-state index in [1.165, 1.54) is 6.33 Å². The summed E-state index contributed by atoms with van der Waals surface area (Å²) in [5, 5.41) is 19.5. The predicted molar refractivity (Wildman–Crippen MR) is 81.6 cm³/mol. The van der Waals surface area contributed by atoms with Crippen LogP contribution in [0.3, 0.4) is 0 Å². The molecule has 2 aromatic rings. The highest BCUT2D eigenvalue weighted by Gasteiger charge is 2.44. The molecule has 0 aromatic carbocycles. The number of rotatable bonds is 4. The zero-order valence-corrected chi connectivity index (χ0v) is 13.0. The van der Waals surface area contributed by atoms with Crippen LogP contribution in [0.1, 0.15) is 13.2 Å². The molecule has 1 saturated heterocycles. The first-order valence-electron chi connectivity index (χ1n) is 6.63. The van der Waals surface area contributed by atoms with Gasteiger partial charge in [0.2, 0.25) is 0 Å². The standard InChI is InChI=1S/C12H16N4O3S2/c1-2-21-9-8(18)6(3-17)19-12(9)16-5-15-7-10(16)13-4-14-11(7)20/h4-6,8-9,12,17-18H,2-3H2,1H3,(H,13,14,20)/t6-,8-,9-,12-/m0/s1. The highest BCUT2D eigenvalue weighted by atomic mass is 32.2. The number of aromatic nitrogens is 4. The van der Waals surface area contributed by atoms with E-state index in [0.717, 1.165) is 5.75 Å². The Balaban J connectivity index is 2.04. The van der Waals surface area contributed by atoms with Crippen molar-refractivity contribution < 1.29 is 14.9 Å². The molecule has 9 heteroatoms. The minimum atomic E-state index is -0.729. The second-order valence-corrected chi connectivity index (χ2v) is 6.56. The first-order valence-corrected chi connectivity index (χ1v) is 8.09. The number of aliphatic hydroxyl groups excluding tert-OH is 2. The summed E-state index contributed by atoms with van der Waals surface area (Å²) in [5.74, 6) is 0.837. The van der Waals surface area contributed by atoms with Gasteiger partial charge in [-0.1, -0.05) is 19.1 Å². The number of nitrogens with zero attached hydrogens (tertiary/aromatic N) is 3. The summed E-state index contributed by atoms with van der Waals surface area (Å²) in [6.07, 6.45) is 1.40. The van der Waals surface area contributed by atoms with Crippen molar-refractivity contribution in [3.05, 3.63) is 17.3 Å². The molecule has 0 spiro atoms. The van der Waals surface area contributed by atoms with Crippen molar-refractivity contribution in [3.8, 4) is 0 Å². The summed E-state index contributed by atoms with van der Waals surface area (Å²) in [4.78, 5) is 11.3. The number of hydrogen-bond donors (Lipinski definition) is 3. The number of H-pyrrole nitrogens is 1. The fraction of sp³-hybridized carbons (Fsp3) is 0.583. The topological polar surface area (TPSA) is 96.2 Å². The summed E-state index contributed by atoms with van der Waals surface area (Å²) in [5.41, 5.74) is 1.30. The maximum atomic E-state index is 10.3. The second kappa shape index (κ2) is 6.01. The Labute approximate surface area is 130 Å². The number of nitrogens with one attached hydrogen (secondary N) is 1. The Morgan fingerprint density at radius 2 is 2.33 bits per heavy atom. The molecule has 1 aliphatic heterocycles. The molecule has 21 heavy (non-hydrogen) atoms. The average Bonchev–Trinajstić information content (AvgIpc) is 3.03. The van der Waals surface area contributed by atoms with Crippen LogP contribution in [0.5, 0.6) is 0 Å². The summed E-state index contributed by atoms with van der Waals surface area (Å²) >= 11 is 6.74. The van der Waals surface area contributed by atoms with Gasteiger partial charge in [-0.3, -0.25) is 4.57 Å². The molecule has 3 heterocycles. The molecular formula is C12H16N4O3S2. The maximum absolute atomic E-state index is 10.3. The molecule has 0 amide bonds. The van der Waals surface area contributed by atoms with Crippen LogP contribution >= 0.6 is 24.0 Å². The van der Waals surface area contributed by atoms with Gasteiger partial charge in [0, 0.05) is 0 Å². The van der Waals surface area contributed by atoms with Gasteiger partial charge in [-0.05, 0) is 5.75 Å². The lowest BCUT2D eigenvalue weighted by atomic mass is 10.2. The van der Waals surface area contributed by atoms with Crippen molar-refractivity contribution in [3.63, 3.8) is 0 Å². The van der Waals surface area contributed by atoms with Crippen molar-refractivity contribution in [1.29, 1.82) is 0 Å². The maximum Gasteiger partial charge on any atom is 0.157 e. The Hall–Kier alpha value is -1.00. The lowest BCUT2D eigenvalue weighted by Gasteiger charge is -2.20. The summed E-state index contributed by atoms with van der Waals surface area (Å²) in [6, 6.07) is 0. The van der Waals surface area contributed by atoms with E-state index in [9.17, 15) is 10.2 Å². The first-order chi connectivity index (χ1) is 10.2. The van der Waals surface area contributed by atoms with Crippen molar-refractivity contribution >= 4 is 35.1 Å². The number of fused-ring (bicyclic) bond motifs is 1. The third-order valence-electron chi connectivity index (χ3n) is 3.51. The third-order valence-corrected chi connectivity index (χ3v) is 5.03. The van der Waals surface area contributed by atoms with E-state index in [-0.39, 0.29) is 11.9 Å². The molecule has 114 valence electrons. The lowest BCUT2D eigenvalue weighted by molar-refractivity contribution is -0.0430. The molecule has 1 fully saturated rings. The van der Waals surface area contributed by atoms with Crippen LogP contribution < -0.4 is 0 Å². The Morgan fingerprint density at radius 1 is 1.52 bits per heavy atom. The monoisotopic (exact) mass is 328 g/mol. The third kappa shape index (κ3) is 2.49. The lowest BCUT2D eigenvalue weighted by Crippen LogP contribution is -2.31. The predicted octanol–water partition coefficient (Wildman–Crippen LogP) is 0.861. The number of hydrogen-bond acceptors (Lipinski definition) is 7. The Morgan fingerprint density at radius 3 is 3.05 bits per heavy atom. The first kappa shape index (κ1) is 14.9. The molecule has 2 aromatic heterocycles. The zero-order valence-electron chi connectivity index (χ0n) is 11.3. The normalized spacial score (nSPS) is 29.3. The summed E-state index contributed by atoms with van der Waals surface area (Å²) in [6.45, 7) is 1.80. The molecular weight excluding hydrogens is 312 g/mol. The SMILES string of the molecule is CCS[C@H]1[C@@H](O)[C@H](CO)O[C@@H]1n1cnc2c(=S)nc[nH]c21. The molecule has 1 aliphatic rings. The fourth-order valence-corrected chi connectivity index (χ4v) is 3.85. The van der Waals surface area contributed by atoms with E-state index in [4.69, 9.17) is 17.0 Å². The average molecular weight is 328 g/mol. The minimum absolute atomic E-state index is 0.181. The van der Waals surface area contributed by atoms with E-state index in [1.807, 2.05) is 6.92 Å². The van der Waals surface area contributed by atoms with E-state index >= 15 is 0 Å². The molecule has 4 atom stereocenters. The largest absolute Gasteiger partial charge is 0.394 e. The highest BCUT2D eigenvalue weighted by molar-refractivity contribution is 7.99. The van der Waals surface area contributed by atoms with E-state index in [1.54, 1.807) is 22.7 Å². The molecule has 0 unspecified atom stereocenters. The van der Waals surface area contributed by atoms with Crippen molar-refractivity contribution in [2.45, 2.75) is 30.6 Å². The molecule has 3 rings (SSSR count). The quantitative estimate of drug-likeness (QED) is 0.716. The van der Waals surface area contributed by atoms with Gasteiger partial charge in [0.25, 0.3) is 0 Å². The van der Waals surface area contributed by atoms with Gasteiger partial charge in [0.1, 0.15) is 17.3 Å². The van der Waals surface area contributed by atoms with Gasteiger partial charge in [0.05, 0.1) is 30.6 Å². The van der Waals surface area contributed by atoms with Gasteiger partial charge in [-0.2, -0.15) is 11.8 Å². The van der Waals surface area contributed by atoms with Gasteiger partial charge in [-0.15, -0.1) is 0 Å². The van der Waals surface area contributed by atoms with Crippen LogP contribution in [0.4, 0.5) is 0 Å². The molecule has 7 nitrogen and oxygen atoms in total. The van der Waals surface area contributed by atoms with Crippen molar-refractivity contribution in [2.24, 2.45) is 0 Å². The smallest absolute Gasteiger partial charge is 0.157 e. The van der Waals surface area contributed by atoms with Gasteiger partial charge in [-0.25, -0.2) is 9.97 Å². The van der Waals surface area contributed by atoms with Crippen LogP contribution in [0, 0.1) is 4.64 Å². The number of thioether (sulfide) groups is 1. The summed E-state index contributed by atoms with van der Waals surface area (Å²) in [7, 11) is 0. The second-order valence-electron chi connectivity index (χ2n) is 4.71. The number of aliphatic hydroxyl groups is 2. The van der Waals surface area contributed by atoms with Crippen molar-refractivity contribution in [1.82, 2.24) is 19.5 Å². The zero-order chi connectivity index (χ0) is 15.0. The van der Waals surface area contributed by atoms with Crippen LogP contribution in [0.15, 0.2) is 12.7 Å². The molecule has 0 aliphatic carbocycles. The molecule has 3 N–H and O–H groups in total. The van der Waals surface area contributed by atoms with Crippen LogP contribution in [-0.4, -0.2) is 59.5 Å². The minimum Gasteiger partial charge on any atom is -0.394 e. The van der Waals surface area contributed by atoms with Crippen molar-refractivity contribution in [2.75, 3.05) is 12.4 Å². The van der Waals surface area contributed by atoms with Crippen LogP contribution in [0.25, 0.3) is 11.2 Å². The Kier molecular flexibility index (Phi) is 4.27. The molecule has 0 saturated carbocycles. The fourth-order valence-electron chi connectivity index (χ4n) is 2.53. The van der Waals surface area contributed by atoms with E-state index in [2.05, 4.69) is 15.0 Å². The Bertz CT molecular complexity index is 688. The van der Waals surface area contributed by atoms with Gasteiger partial charge in [0.15, 0.2) is 10.9 Å². The van der Waals surface area contributed by atoms with E-state index in [0.29, 0.717) is 15.8 Å². The van der Waals surface area contributed by atoms with Crippen LogP contribution in [-0.2, 0) is 4.74 Å². The molecule has 0 radical (unpaired) electrons. The van der Waals surface area contributed by atoms with Gasteiger partial charge >= 0.3 is 0 Å². The summed E-state index contributed by atoms with van der Waals surface area (Å²) < 4.78 is 8.03. The number of imidazole rings is 1. The molecule has 0 bridgehead atoms. The number of ether oxygens (including phenoxy) is 1. The van der Waals surface area contributed by atoms with Crippen LogP contribution in [0.2, 0.25) is 0 Å².